The lowest BCUT2D eigenvalue weighted by Gasteiger charge is -2.38. The van der Waals surface area contributed by atoms with E-state index in [1.807, 2.05) is 20.8 Å². The van der Waals surface area contributed by atoms with E-state index in [9.17, 15) is 4.79 Å². The van der Waals surface area contributed by atoms with Crippen LogP contribution in [0.4, 0.5) is 4.79 Å². The van der Waals surface area contributed by atoms with Crippen molar-refractivity contribution in [2.24, 2.45) is 5.41 Å². The third-order valence-corrected chi connectivity index (χ3v) is 3.69. The summed E-state index contributed by atoms with van der Waals surface area (Å²) in [4.78, 5) is 11.6. The molecule has 1 amide bonds. The standard InChI is InChI=1S/C15H30N2O2/c1-7-15(5,6)10-16-11-8-12(9-11)17-13(18)19-14(2,3)4/h11-12,16H,7-10H2,1-6H3,(H,17,18). The third-order valence-electron chi connectivity index (χ3n) is 3.69. The number of rotatable bonds is 5. The molecule has 0 bridgehead atoms. The Morgan fingerprint density at radius 3 is 2.21 bits per heavy atom. The van der Waals surface area contributed by atoms with Gasteiger partial charge in [0, 0.05) is 18.6 Å². The van der Waals surface area contributed by atoms with E-state index in [0.717, 1.165) is 19.4 Å². The average molecular weight is 270 g/mol. The number of alkyl carbamates (subject to hydrolysis) is 1. The van der Waals surface area contributed by atoms with E-state index in [-0.39, 0.29) is 12.1 Å². The van der Waals surface area contributed by atoms with Crippen molar-refractivity contribution in [2.45, 2.75) is 78.5 Å². The van der Waals surface area contributed by atoms with Gasteiger partial charge in [0.1, 0.15) is 5.60 Å². The maximum Gasteiger partial charge on any atom is 0.407 e. The second kappa shape index (κ2) is 6.12. The molecule has 2 N–H and O–H groups in total. The topological polar surface area (TPSA) is 50.4 Å². The molecule has 0 aromatic carbocycles. The van der Waals surface area contributed by atoms with Crippen molar-refractivity contribution in [3.63, 3.8) is 0 Å². The van der Waals surface area contributed by atoms with Crippen LogP contribution in [0, 0.1) is 5.41 Å². The van der Waals surface area contributed by atoms with E-state index in [0.29, 0.717) is 11.5 Å². The lowest BCUT2D eigenvalue weighted by Crippen LogP contribution is -2.54. The molecule has 0 aromatic rings. The van der Waals surface area contributed by atoms with Gasteiger partial charge in [-0.3, -0.25) is 0 Å². The smallest absolute Gasteiger partial charge is 0.407 e. The van der Waals surface area contributed by atoms with Crippen LogP contribution in [0.3, 0.4) is 0 Å². The average Bonchev–Trinajstić information content (AvgIpc) is 2.18. The largest absolute Gasteiger partial charge is 0.444 e. The van der Waals surface area contributed by atoms with Gasteiger partial charge in [0.2, 0.25) is 0 Å². The predicted molar refractivity (Wildman–Crippen MR) is 78.3 cm³/mol. The second-order valence-electron chi connectivity index (χ2n) is 7.41. The maximum atomic E-state index is 11.6. The summed E-state index contributed by atoms with van der Waals surface area (Å²) in [5.74, 6) is 0. The van der Waals surface area contributed by atoms with Crippen molar-refractivity contribution in [2.75, 3.05) is 6.54 Å². The zero-order chi connectivity index (χ0) is 14.7. The number of carbonyl (C=O) groups excluding carboxylic acids is 1. The van der Waals surface area contributed by atoms with Gasteiger partial charge in [-0.1, -0.05) is 20.8 Å². The lowest BCUT2D eigenvalue weighted by atomic mass is 9.84. The summed E-state index contributed by atoms with van der Waals surface area (Å²) in [5, 5.41) is 6.48. The fraction of sp³-hybridized carbons (Fsp3) is 0.933. The minimum atomic E-state index is -0.420. The molecule has 112 valence electrons. The summed E-state index contributed by atoms with van der Waals surface area (Å²) in [7, 11) is 0. The van der Waals surface area contributed by atoms with Crippen molar-refractivity contribution in [3.05, 3.63) is 0 Å². The second-order valence-corrected chi connectivity index (χ2v) is 7.41. The molecular formula is C15H30N2O2. The molecule has 4 heteroatoms. The molecule has 0 unspecified atom stereocenters. The fourth-order valence-corrected chi connectivity index (χ4v) is 1.92. The highest BCUT2D eigenvalue weighted by Gasteiger charge is 2.32. The van der Waals surface area contributed by atoms with Gasteiger partial charge >= 0.3 is 6.09 Å². The van der Waals surface area contributed by atoms with Gasteiger partial charge in [0.05, 0.1) is 0 Å². The Labute approximate surface area is 117 Å². The van der Waals surface area contributed by atoms with Crippen molar-refractivity contribution >= 4 is 6.09 Å². The minimum absolute atomic E-state index is 0.261. The van der Waals surface area contributed by atoms with Gasteiger partial charge in [-0.2, -0.15) is 0 Å². The monoisotopic (exact) mass is 270 g/mol. The van der Waals surface area contributed by atoms with Crippen LogP contribution < -0.4 is 10.6 Å². The summed E-state index contributed by atoms with van der Waals surface area (Å²) < 4.78 is 5.24. The van der Waals surface area contributed by atoms with Gasteiger partial charge in [0.15, 0.2) is 0 Å². The molecule has 1 rings (SSSR count). The highest BCUT2D eigenvalue weighted by molar-refractivity contribution is 5.68. The van der Waals surface area contributed by atoms with E-state index in [2.05, 4.69) is 31.4 Å². The molecule has 0 atom stereocenters. The SMILES string of the molecule is CCC(C)(C)CNC1CC(NC(=O)OC(C)(C)C)C1. The van der Waals surface area contributed by atoms with Crippen LogP contribution in [-0.2, 0) is 4.74 Å². The van der Waals surface area contributed by atoms with E-state index in [4.69, 9.17) is 4.74 Å². The molecule has 0 aliphatic heterocycles. The van der Waals surface area contributed by atoms with Crippen LogP contribution in [-0.4, -0.2) is 30.3 Å². The van der Waals surface area contributed by atoms with E-state index in [1.54, 1.807) is 0 Å². The Morgan fingerprint density at radius 1 is 1.16 bits per heavy atom. The number of amides is 1. The molecule has 0 radical (unpaired) electrons. The zero-order valence-electron chi connectivity index (χ0n) is 13.3. The summed E-state index contributed by atoms with van der Waals surface area (Å²) in [6.07, 6.45) is 2.87. The van der Waals surface area contributed by atoms with Gasteiger partial charge in [-0.05, 0) is 45.4 Å². The summed E-state index contributed by atoms with van der Waals surface area (Å²) >= 11 is 0. The first-order valence-electron chi connectivity index (χ1n) is 7.34. The molecule has 1 saturated carbocycles. The Kier molecular flexibility index (Phi) is 5.25. The van der Waals surface area contributed by atoms with E-state index < -0.39 is 5.60 Å². The van der Waals surface area contributed by atoms with Crippen LogP contribution in [0.25, 0.3) is 0 Å². The number of ether oxygens (including phenoxy) is 1. The van der Waals surface area contributed by atoms with Crippen LogP contribution in [0.1, 0.15) is 60.8 Å². The van der Waals surface area contributed by atoms with Gasteiger partial charge in [0.25, 0.3) is 0 Å². The Hall–Kier alpha value is -0.770. The van der Waals surface area contributed by atoms with Crippen LogP contribution in [0.2, 0.25) is 0 Å². The summed E-state index contributed by atoms with van der Waals surface area (Å²) in [5.41, 5.74) is -0.0691. The zero-order valence-corrected chi connectivity index (χ0v) is 13.3. The van der Waals surface area contributed by atoms with Gasteiger partial charge in [-0.15, -0.1) is 0 Å². The van der Waals surface area contributed by atoms with Crippen molar-refractivity contribution in [3.8, 4) is 0 Å². The third kappa shape index (κ3) is 6.28. The minimum Gasteiger partial charge on any atom is -0.444 e. The molecule has 1 fully saturated rings. The van der Waals surface area contributed by atoms with Gasteiger partial charge in [-0.25, -0.2) is 4.79 Å². The summed E-state index contributed by atoms with van der Waals surface area (Å²) in [6.45, 7) is 13.4. The van der Waals surface area contributed by atoms with E-state index >= 15 is 0 Å². The molecule has 4 nitrogen and oxygen atoms in total. The number of hydrogen-bond donors (Lipinski definition) is 2. The number of carbonyl (C=O) groups is 1. The molecular weight excluding hydrogens is 240 g/mol. The highest BCUT2D eigenvalue weighted by atomic mass is 16.6. The molecule has 19 heavy (non-hydrogen) atoms. The molecule has 1 aliphatic carbocycles. The normalized spacial score (nSPS) is 23.7. The highest BCUT2D eigenvalue weighted by Crippen LogP contribution is 2.24. The van der Waals surface area contributed by atoms with Crippen molar-refractivity contribution in [1.29, 1.82) is 0 Å². The molecule has 0 aromatic heterocycles. The number of hydrogen-bond acceptors (Lipinski definition) is 3. The fourth-order valence-electron chi connectivity index (χ4n) is 1.92. The molecule has 0 saturated heterocycles. The summed E-state index contributed by atoms with van der Waals surface area (Å²) in [6, 6.07) is 0.794. The first kappa shape index (κ1) is 16.3. The van der Waals surface area contributed by atoms with Crippen LogP contribution >= 0.6 is 0 Å². The van der Waals surface area contributed by atoms with Crippen LogP contribution in [0.15, 0.2) is 0 Å². The maximum absolute atomic E-state index is 11.6. The first-order chi connectivity index (χ1) is 8.61. The Balaban J connectivity index is 2.15. The molecule has 0 spiro atoms. The molecule has 0 heterocycles. The predicted octanol–water partition coefficient (Wildman–Crippen LogP) is 3.07. The lowest BCUT2D eigenvalue weighted by molar-refractivity contribution is 0.0463. The Bertz CT molecular complexity index is 302. The van der Waals surface area contributed by atoms with Gasteiger partial charge < -0.3 is 15.4 Å². The Morgan fingerprint density at radius 2 is 1.74 bits per heavy atom. The first-order valence-corrected chi connectivity index (χ1v) is 7.34. The van der Waals surface area contributed by atoms with Crippen molar-refractivity contribution < 1.29 is 9.53 Å². The number of nitrogens with one attached hydrogen (secondary N) is 2. The van der Waals surface area contributed by atoms with E-state index in [1.165, 1.54) is 6.42 Å². The quantitative estimate of drug-likeness (QED) is 0.807. The van der Waals surface area contributed by atoms with Crippen LogP contribution in [0.5, 0.6) is 0 Å². The molecule has 1 aliphatic rings. The van der Waals surface area contributed by atoms with Crippen molar-refractivity contribution in [1.82, 2.24) is 10.6 Å².